The third-order valence-corrected chi connectivity index (χ3v) is 4.22. The van der Waals surface area contributed by atoms with Gasteiger partial charge in [-0.2, -0.15) is 5.10 Å². The Morgan fingerprint density at radius 2 is 2.15 bits per heavy atom. The van der Waals surface area contributed by atoms with Crippen molar-refractivity contribution in [3.8, 4) is 0 Å². The van der Waals surface area contributed by atoms with Crippen molar-refractivity contribution in [2.45, 2.75) is 33.4 Å². The number of halogens is 3. The third kappa shape index (κ3) is 3.15. The fourth-order valence-corrected chi connectivity index (χ4v) is 2.87. The van der Waals surface area contributed by atoms with Crippen molar-refractivity contribution in [1.82, 2.24) is 9.78 Å². The minimum absolute atomic E-state index is 0.316. The van der Waals surface area contributed by atoms with Gasteiger partial charge in [0.25, 0.3) is 0 Å². The van der Waals surface area contributed by atoms with E-state index >= 15 is 0 Å². The summed E-state index contributed by atoms with van der Waals surface area (Å²) in [5.41, 5.74) is 2.41. The van der Waals surface area contributed by atoms with Crippen LogP contribution in [-0.2, 0) is 19.5 Å². The maximum Gasteiger partial charge on any atom is 0.146 e. The molecule has 1 aromatic carbocycles. The molecule has 2 aromatic rings. The Bertz CT molecular complexity index is 613. The number of hydrogen-bond donors (Lipinski definition) is 1. The molecular formula is C14H16BrClFN3. The van der Waals surface area contributed by atoms with Crippen molar-refractivity contribution in [2.75, 3.05) is 5.32 Å². The molecule has 1 heterocycles. The number of anilines is 1. The Balaban J connectivity index is 2.22. The van der Waals surface area contributed by atoms with Crippen molar-refractivity contribution < 1.29 is 4.39 Å². The van der Waals surface area contributed by atoms with Crippen molar-refractivity contribution in [3.05, 3.63) is 44.9 Å². The van der Waals surface area contributed by atoms with Gasteiger partial charge in [0.15, 0.2) is 0 Å². The fraction of sp³-hybridized carbons (Fsp3) is 0.357. The van der Waals surface area contributed by atoms with E-state index in [4.69, 9.17) is 11.6 Å². The van der Waals surface area contributed by atoms with Crippen LogP contribution in [0.4, 0.5) is 10.1 Å². The highest BCUT2D eigenvalue weighted by molar-refractivity contribution is 9.10. The molecule has 20 heavy (non-hydrogen) atoms. The predicted octanol–water partition coefficient (Wildman–Crippen LogP) is 4.63. The molecule has 0 unspecified atom stereocenters. The van der Waals surface area contributed by atoms with Crippen LogP contribution in [0.3, 0.4) is 0 Å². The zero-order valence-corrected chi connectivity index (χ0v) is 13.7. The molecule has 3 nitrogen and oxygen atoms in total. The molecule has 0 saturated carbocycles. The first-order chi connectivity index (χ1) is 9.56. The molecule has 0 atom stereocenters. The van der Waals surface area contributed by atoms with Crippen LogP contribution in [0.25, 0.3) is 0 Å². The molecule has 0 aliphatic rings. The summed E-state index contributed by atoms with van der Waals surface area (Å²) in [7, 11) is 0. The second kappa shape index (κ2) is 6.59. The second-order valence-electron chi connectivity index (χ2n) is 4.35. The first kappa shape index (κ1) is 15.3. The van der Waals surface area contributed by atoms with Gasteiger partial charge in [-0.1, -0.05) is 18.5 Å². The van der Waals surface area contributed by atoms with Crippen molar-refractivity contribution in [2.24, 2.45) is 0 Å². The molecule has 1 N–H and O–H groups in total. The lowest BCUT2D eigenvalue weighted by Gasteiger charge is -2.10. The van der Waals surface area contributed by atoms with E-state index in [0.29, 0.717) is 17.3 Å². The summed E-state index contributed by atoms with van der Waals surface area (Å²) in [6.07, 6.45) is 0.853. The minimum atomic E-state index is -0.316. The molecule has 0 bridgehead atoms. The van der Waals surface area contributed by atoms with Gasteiger partial charge in [0.05, 0.1) is 28.1 Å². The standard InChI is InChI=1S/C14H16BrClFN3/c1-3-11-14(15)13(20(4-2)19-11)8-18-12-7-9(16)5-6-10(12)17/h5-7,18H,3-4,8H2,1-2H3. The molecule has 0 saturated heterocycles. The number of aromatic nitrogens is 2. The number of hydrogen-bond acceptors (Lipinski definition) is 2. The summed E-state index contributed by atoms with van der Waals surface area (Å²) in [5.74, 6) is -0.316. The van der Waals surface area contributed by atoms with Gasteiger partial charge in [0, 0.05) is 11.6 Å². The predicted molar refractivity (Wildman–Crippen MR) is 83.7 cm³/mol. The van der Waals surface area contributed by atoms with E-state index in [9.17, 15) is 4.39 Å². The topological polar surface area (TPSA) is 29.9 Å². The van der Waals surface area contributed by atoms with Crippen LogP contribution in [0, 0.1) is 5.82 Å². The average molecular weight is 361 g/mol. The monoisotopic (exact) mass is 359 g/mol. The lowest BCUT2D eigenvalue weighted by molar-refractivity contribution is 0.613. The molecule has 0 spiro atoms. The fourth-order valence-electron chi connectivity index (χ4n) is 2.00. The lowest BCUT2D eigenvalue weighted by atomic mass is 10.2. The summed E-state index contributed by atoms with van der Waals surface area (Å²) in [5, 5.41) is 8.09. The highest BCUT2D eigenvalue weighted by Crippen LogP contribution is 2.25. The highest BCUT2D eigenvalue weighted by atomic mass is 79.9. The Labute approximate surface area is 131 Å². The van der Waals surface area contributed by atoms with E-state index in [2.05, 4.69) is 33.3 Å². The summed E-state index contributed by atoms with van der Waals surface area (Å²) < 4.78 is 16.6. The summed E-state index contributed by atoms with van der Waals surface area (Å²) >= 11 is 9.45. The Morgan fingerprint density at radius 3 is 2.80 bits per heavy atom. The molecule has 2 rings (SSSR count). The van der Waals surface area contributed by atoms with Crippen LogP contribution in [0.5, 0.6) is 0 Å². The average Bonchev–Trinajstić information content (AvgIpc) is 2.75. The maximum atomic E-state index is 13.7. The van der Waals surface area contributed by atoms with Crippen LogP contribution >= 0.6 is 27.5 Å². The summed E-state index contributed by atoms with van der Waals surface area (Å²) in [6, 6.07) is 4.47. The van der Waals surface area contributed by atoms with Gasteiger partial charge < -0.3 is 5.32 Å². The Morgan fingerprint density at radius 1 is 1.40 bits per heavy atom. The van der Waals surface area contributed by atoms with Crippen molar-refractivity contribution in [3.63, 3.8) is 0 Å². The van der Waals surface area contributed by atoms with Crippen LogP contribution in [0.15, 0.2) is 22.7 Å². The van der Waals surface area contributed by atoms with Crippen LogP contribution in [0.2, 0.25) is 5.02 Å². The second-order valence-corrected chi connectivity index (χ2v) is 5.58. The highest BCUT2D eigenvalue weighted by Gasteiger charge is 2.14. The lowest BCUT2D eigenvalue weighted by Crippen LogP contribution is -2.09. The van der Waals surface area contributed by atoms with E-state index in [1.807, 2.05) is 11.6 Å². The van der Waals surface area contributed by atoms with Crippen LogP contribution in [-0.4, -0.2) is 9.78 Å². The number of nitrogens with one attached hydrogen (secondary N) is 1. The molecule has 0 aliphatic carbocycles. The van der Waals surface area contributed by atoms with E-state index in [0.717, 1.165) is 28.8 Å². The molecule has 6 heteroatoms. The minimum Gasteiger partial charge on any atom is -0.377 e. The first-order valence-electron chi connectivity index (χ1n) is 6.49. The van der Waals surface area contributed by atoms with Crippen LogP contribution in [0.1, 0.15) is 25.2 Å². The number of aryl methyl sites for hydroxylation is 2. The van der Waals surface area contributed by atoms with E-state index in [1.165, 1.54) is 12.1 Å². The molecular weight excluding hydrogens is 345 g/mol. The van der Waals surface area contributed by atoms with Crippen molar-refractivity contribution in [1.29, 1.82) is 0 Å². The van der Waals surface area contributed by atoms with E-state index < -0.39 is 0 Å². The largest absolute Gasteiger partial charge is 0.377 e. The number of rotatable bonds is 5. The van der Waals surface area contributed by atoms with Crippen LogP contribution < -0.4 is 5.32 Å². The van der Waals surface area contributed by atoms with Crippen molar-refractivity contribution >= 4 is 33.2 Å². The number of benzene rings is 1. The van der Waals surface area contributed by atoms with Gasteiger partial charge in [0.1, 0.15) is 5.82 Å². The van der Waals surface area contributed by atoms with Gasteiger partial charge in [-0.25, -0.2) is 4.39 Å². The van der Waals surface area contributed by atoms with E-state index in [-0.39, 0.29) is 5.82 Å². The molecule has 1 aromatic heterocycles. The van der Waals surface area contributed by atoms with Gasteiger partial charge in [-0.15, -0.1) is 0 Å². The van der Waals surface area contributed by atoms with Gasteiger partial charge >= 0.3 is 0 Å². The maximum absolute atomic E-state index is 13.7. The quantitative estimate of drug-likeness (QED) is 0.842. The SMILES string of the molecule is CCc1nn(CC)c(CNc2cc(Cl)ccc2F)c1Br. The number of nitrogens with zero attached hydrogens (tertiary/aromatic N) is 2. The normalized spacial score (nSPS) is 10.8. The molecule has 0 amide bonds. The molecule has 108 valence electrons. The third-order valence-electron chi connectivity index (χ3n) is 3.07. The zero-order valence-electron chi connectivity index (χ0n) is 11.4. The zero-order chi connectivity index (χ0) is 14.7. The first-order valence-corrected chi connectivity index (χ1v) is 7.66. The Hall–Kier alpha value is -1.07. The molecule has 0 fully saturated rings. The van der Waals surface area contributed by atoms with Gasteiger partial charge in [-0.3, -0.25) is 4.68 Å². The summed E-state index contributed by atoms with van der Waals surface area (Å²) in [4.78, 5) is 0. The molecule has 0 radical (unpaired) electrons. The molecule has 0 aliphatic heterocycles. The van der Waals surface area contributed by atoms with Gasteiger partial charge in [0.2, 0.25) is 0 Å². The smallest absolute Gasteiger partial charge is 0.146 e. The Kier molecular flexibility index (Phi) is 5.05. The van der Waals surface area contributed by atoms with E-state index in [1.54, 1.807) is 6.07 Å². The summed E-state index contributed by atoms with van der Waals surface area (Å²) in [6.45, 7) is 5.34. The van der Waals surface area contributed by atoms with Gasteiger partial charge in [-0.05, 0) is 47.5 Å².